The highest BCUT2D eigenvalue weighted by atomic mass is 15.1. The fraction of sp³-hybridized carbons (Fsp3) is 0.0556. The lowest BCUT2D eigenvalue weighted by Gasteiger charge is -2.21. The van der Waals surface area contributed by atoms with E-state index in [1.807, 2.05) is 18.2 Å². The maximum absolute atomic E-state index is 5.45. The Morgan fingerprint density at radius 2 is 1.00 bits per heavy atom. The summed E-state index contributed by atoms with van der Waals surface area (Å²) in [5.41, 5.74) is 14.7. The SMILES string of the molecule is CC1(C)c2ccccc2-c2ccc(-c3nc(-c4ccccc4)nc(-c4ccc5c6c7c(cccc7n(-c7ccccc7)c46)c4cccc6c7ccccc7n5c46)n3)cc21. The van der Waals surface area contributed by atoms with Gasteiger partial charge in [0.2, 0.25) is 0 Å². The molecule has 8 aromatic carbocycles. The van der Waals surface area contributed by atoms with E-state index in [1.54, 1.807) is 0 Å². The van der Waals surface area contributed by atoms with Crippen LogP contribution >= 0.6 is 0 Å². The predicted molar refractivity (Wildman–Crippen MR) is 243 cm³/mol. The average molecular weight is 754 g/mol. The summed E-state index contributed by atoms with van der Waals surface area (Å²) in [5.74, 6) is 1.93. The first-order chi connectivity index (χ1) is 29.0. The van der Waals surface area contributed by atoms with E-state index in [-0.39, 0.29) is 5.41 Å². The van der Waals surface area contributed by atoms with Crippen LogP contribution in [0.4, 0.5) is 0 Å². The van der Waals surface area contributed by atoms with Crippen LogP contribution in [0.2, 0.25) is 0 Å². The van der Waals surface area contributed by atoms with Crippen molar-refractivity contribution in [1.82, 2.24) is 23.9 Å². The highest BCUT2D eigenvalue weighted by Crippen LogP contribution is 2.50. The molecule has 12 aromatic rings. The molecule has 0 saturated carbocycles. The van der Waals surface area contributed by atoms with Gasteiger partial charge in [0.25, 0.3) is 0 Å². The lowest BCUT2D eigenvalue weighted by atomic mass is 9.82. The maximum atomic E-state index is 5.45. The zero-order chi connectivity index (χ0) is 39.0. The van der Waals surface area contributed by atoms with Gasteiger partial charge in [0.15, 0.2) is 17.5 Å². The topological polar surface area (TPSA) is 48.0 Å². The molecule has 5 heteroatoms. The van der Waals surface area contributed by atoms with E-state index in [0.29, 0.717) is 17.5 Å². The third-order valence-electron chi connectivity index (χ3n) is 12.9. The van der Waals surface area contributed by atoms with Crippen LogP contribution in [0.1, 0.15) is 25.0 Å². The number of hydrogen-bond donors (Lipinski definition) is 0. The Hall–Kier alpha value is -7.63. The molecule has 4 aromatic heterocycles. The molecule has 0 saturated heterocycles. The highest BCUT2D eigenvalue weighted by molar-refractivity contribution is 6.32. The summed E-state index contributed by atoms with van der Waals surface area (Å²) in [7, 11) is 0. The number of fused-ring (bicyclic) bond motifs is 8. The normalized spacial score (nSPS) is 13.4. The molecule has 0 N–H and O–H groups in total. The molecule has 0 fully saturated rings. The molecule has 13 rings (SSSR count). The molecule has 0 bridgehead atoms. The van der Waals surface area contributed by atoms with Crippen molar-refractivity contribution in [2.24, 2.45) is 0 Å². The standard InChI is InChI=1S/C54H35N5/c1-54(2)42-24-11-9-19-35(42)36-28-27-33(31-43(36)54)52-55-51(32-15-5-3-6-16-32)56-53(57-52)41-29-30-46-48-47-38(21-14-26-45(47)58(50(41)48)34-17-7-4-8-18-34)40-23-13-22-39-37-20-10-12-25-44(37)59(46)49(39)40/h3-31H,1-2H3. The van der Waals surface area contributed by atoms with Gasteiger partial charge in [0.05, 0.1) is 27.6 Å². The molecule has 59 heavy (non-hydrogen) atoms. The van der Waals surface area contributed by atoms with Crippen LogP contribution in [0.5, 0.6) is 0 Å². The first-order valence-corrected chi connectivity index (χ1v) is 20.3. The number of para-hydroxylation sites is 3. The lowest BCUT2D eigenvalue weighted by molar-refractivity contribution is 0.660. The minimum atomic E-state index is -0.158. The fourth-order valence-corrected chi connectivity index (χ4v) is 10.3. The van der Waals surface area contributed by atoms with Gasteiger partial charge in [-0.3, -0.25) is 0 Å². The molecule has 0 radical (unpaired) electrons. The van der Waals surface area contributed by atoms with Gasteiger partial charge < -0.3 is 8.97 Å². The zero-order valence-electron chi connectivity index (χ0n) is 32.5. The third-order valence-corrected chi connectivity index (χ3v) is 12.9. The molecule has 1 aliphatic rings. The largest absolute Gasteiger partial charge is 0.308 e. The van der Waals surface area contributed by atoms with Crippen LogP contribution in [0, 0.1) is 0 Å². The summed E-state index contributed by atoms with van der Waals surface area (Å²) in [5, 5.41) is 7.34. The van der Waals surface area contributed by atoms with Gasteiger partial charge in [-0.15, -0.1) is 0 Å². The molecule has 0 atom stereocenters. The lowest BCUT2D eigenvalue weighted by Crippen LogP contribution is -2.15. The van der Waals surface area contributed by atoms with Crippen LogP contribution in [-0.4, -0.2) is 23.9 Å². The van der Waals surface area contributed by atoms with Gasteiger partial charge in [-0.2, -0.15) is 0 Å². The van der Waals surface area contributed by atoms with Crippen molar-refractivity contribution < 1.29 is 0 Å². The summed E-state index contributed by atoms with van der Waals surface area (Å²) in [6, 6.07) is 63.3. The average Bonchev–Trinajstić information content (AvgIpc) is 3.87. The molecule has 0 spiro atoms. The van der Waals surface area contributed by atoms with E-state index in [1.165, 1.54) is 65.6 Å². The van der Waals surface area contributed by atoms with Crippen LogP contribution in [-0.2, 0) is 5.41 Å². The summed E-state index contributed by atoms with van der Waals surface area (Å²) in [6.07, 6.45) is 0. The molecule has 276 valence electrons. The Bertz CT molecular complexity index is 3690. The summed E-state index contributed by atoms with van der Waals surface area (Å²) in [6.45, 7) is 4.63. The molecule has 4 heterocycles. The Labute approximate surface area is 339 Å². The quantitative estimate of drug-likeness (QED) is 0.180. The molecular weight excluding hydrogens is 719 g/mol. The molecule has 5 nitrogen and oxygen atoms in total. The van der Waals surface area contributed by atoms with E-state index in [9.17, 15) is 0 Å². The molecule has 0 aliphatic heterocycles. The first-order valence-electron chi connectivity index (χ1n) is 20.3. The molecular formula is C54H35N5. The van der Waals surface area contributed by atoms with Gasteiger partial charge in [-0.05, 0) is 70.1 Å². The zero-order valence-corrected chi connectivity index (χ0v) is 32.5. The van der Waals surface area contributed by atoms with Gasteiger partial charge in [-0.25, -0.2) is 15.0 Å². The Kier molecular flexibility index (Phi) is 6.44. The van der Waals surface area contributed by atoms with Crippen molar-refractivity contribution in [1.29, 1.82) is 0 Å². The summed E-state index contributed by atoms with van der Waals surface area (Å²) >= 11 is 0. The van der Waals surface area contributed by atoms with Crippen LogP contribution in [0.25, 0.3) is 111 Å². The van der Waals surface area contributed by atoms with Crippen molar-refractivity contribution >= 4 is 59.9 Å². The van der Waals surface area contributed by atoms with Crippen molar-refractivity contribution in [3.05, 3.63) is 187 Å². The third kappa shape index (κ3) is 4.36. The minimum Gasteiger partial charge on any atom is -0.308 e. The second-order valence-corrected chi connectivity index (χ2v) is 16.4. The Morgan fingerprint density at radius 1 is 0.390 bits per heavy atom. The van der Waals surface area contributed by atoms with Crippen LogP contribution in [0.3, 0.4) is 0 Å². The van der Waals surface area contributed by atoms with Crippen molar-refractivity contribution in [3.8, 4) is 51.0 Å². The molecule has 0 unspecified atom stereocenters. The Morgan fingerprint density at radius 3 is 1.85 bits per heavy atom. The second kappa shape index (κ2) is 11.7. The number of hydrogen-bond acceptors (Lipinski definition) is 3. The van der Waals surface area contributed by atoms with Gasteiger partial charge in [-0.1, -0.05) is 147 Å². The van der Waals surface area contributed by atoms with E-state index < -0.39 is 0 Å². The maximum Gasteiger partial charge on any atom is 0.166 e. The van der Waals surface area contributed by atoms with E-state index in [2.05, 4.69) is 181 Å². The van der Waals surface area contributed by atoms with Crippen LogP contribution < -0.4 is 0 Å². The van der Waals surface area contributed by atoms with Gasteiger partial charge >= 0.3 is 0 Å². The summed E-state index contributed by atoms with van der Waals surface area (Å²) in [4.78, 5) is 16.0. The second-order valence-electron chi connectivity index (χ2n) is 16.4. The first kappa shape index (κ1) is 32.5. The summed E-state index contributed by atoms with van der Waals surface area (Å²) < 4.78 is 4.91. The van der Waals surface area contributed by atoms with Crippen LogP contribution in [0.15, 0.2) is 176 Å². The number of benzene rings is 8. The van der Waals surface area contributed by atoms with Crippen molar-refractivity contribution in [2.45, 2.75) is 19.3 Å². The monoisotopic (exact) mass is 753 g/mol. The highest BCUT2D eigenvalue weighted by Gasteiger charge is 2.35. The predicted octanol–water partition coefficient (Wildman–Crippen LogP) is 13.4. The van der Waals surface area contributed by atoms with E-state index in [0.717, 1.165) is 38.9 Å². The van der Waals surface area contributed by atoms with Gasteiger partial charge in [0, 0.05) is 54.7 Å². The van der Waals surface area contributed by atoms with E-state index >= 15 is 0 Å². The number of rotatable bonds is 4. The van der Waals surface area contributed by atoms with E-state index in [4.69, 9.17) is 15.0 Å². The van der Waals surface area contributed by atoms with Crippen molar-refractivity contribution in [2.75, 3.05) is 0 Å². The Balaban J connectivity index is 1.17. The molecule has 1 aliphatic carbocycles. The fourth-order valence-electron chi connectivity index (χ4n) is 10.3. The van der Waals surface area contributed by atoms with Crippen molar-refractivity contribution in [3.63, 3.8) is 0 Å². The smallest absolute Gasteiger partial charge is 0.166 e. The minimum absolute atomic E-state index is 0.158. The number of aromatic nitrogens is 5. The number of nitrogens with zero attached hydrogens (tertiary/aromatic N) is 5. The van der Waals surface area contributed by atoms with Gasteiger partial charge in [0.1, 0.15) is 0 Å². The molecule has 0 amide bonds.